The number of pyridine rings is 1. The third-order valence-electron chi connectivity index (χ3n) is 4.87. The van der Waals surface area contributed by atoms with Crippen LogP contribution in [0.3, 0.4) is 0 Å². The third-order valence-corrected chi connectivity index (χ3v) is 5.98. The van der Waals surface area contributed by atoms with Gasteiger partial charge in [-0.1, -0.05) is 17.7 Å². The molecule has 134 valence electrons. The number of benzene rings is 1. The van der Waals surface area contributed by atoms with Crippen molar-refractivity contribution in [2.45, 2.75) is 37.8 Å². The predicted molar refractivity (Wildman–Crippen MR) is 108 cm³/mol. The number of rotatable bonds is 4. The number of nitrogens with zero attached hydrogens (tertiary/aromatic N) is 1. The molecule has 1 aliphatic carbocycles. The quantitative estimate of drug-likeness (QED) is 0.656. The zero-order valence-electron chi connectivity index (χ0n) is 14.2. The third kappa shape index (κ3) is 3.84. The summed E-state index contributed by atoms with van der Waals surface area (Å²) in [4.78, 5) is 17.4. The van der Waals surface area contributed by atoms with E-state index in [0.717, 1.165) is 47.2 Å². The van der Waals surface area contributed by atoms with Crippen molar-refractivity contribution >= 4 is 45.4 Å². The van der Waals surface area contributed by atoms with Crippen molar-refractivity contribution in [1.29, 1.82) is 0 Å². The van der Waals surface area contributed by atoms with Crippen LogP contribution >= 0.6 is 22.9 Å². The minimum absolute atomic E-state index is 0.0495. The van der Waals surface area contributed by atoms with Gasteiger partial charge in [-0.05, 0) is 61.4 Å². The maximum atomic E-state index is 12.2. The highest BCUT2D eigenvalue weighted by molar-refractivity contribution is 7.12. The van der Waals surface area contributed by atoms with Gasteiger partial charge in [0, 0.05) is 34.4 Å². The molecule has 0 spiro atoms. The van der Waals surface area contributed by atoms with Gasteiger partial charge in [-0.2, -0.15) is 0 Å². The molecule has 0 bridgehead atoms. The van der Waals surface area contributed by atoms with Gasteiger partial charge < -0.3 is 10.6 Å². The number of nitrogens with one attached hydrogen (secondary N) is 2. The largest absolute Gasteiger partial charge is 0.382 e. The summed E-state index contributed by atoms with van der Waals surface area (Å²) >= 11 is 7.55. The molecule has 2 aromatic heterocycles. The molecule has 1 amide bonds. The minimum Gasteiger partial charge on any atom is -0.382 e. The Kier molecular flexibility index (Phi) is 5.09. The highest BCUT2D eigenvalue weighted by Gasteiger charge is 2.23. The lowest BCUT2D eigenvalue weighted by Crippen LogP contribution is -2.39. The molecule has 1 aliphatic rings. The lowest BCUT2D eigenvalue weighted by atomic mass is 9.91. The highest BCUT2D eigenvalue weighted by atomic mass is 35.5. The first kappa shape index (κ1) is 17.3. The van der Waals surface area contributed by atoms with Crippen molar-refractivity contribution in [3.8, 4) is 0 Å². The molecule has 3 aromatic rings. The second-order valence-electron chi connectivity index (χ2n) is 6.66. The summed E-state index contributed by atoms with van der Waals surface area (Å²) in [5.74, 6) is 0.0495. The molecule has 0 unspecified atom stereocenters. The number of halogens is 1. The Hall–Kier alpha value is -2.11. The van der Waals surface area contributed by atoms with Crippen LogP contribution in [0.2, 0.25) is 5.02 Å². The van der Waals surface area contributed by atoms with Crippen LogP contribution in [0.1, 0.15) is 35.4 Å². The lowest BCUT2D eigenvalue weighted by molar-refractivity contribution is 0.0930. The Morgan fingerprint density at radius 1 is 1.12 bits per heavy atom. The molecule has 0 saturated heterocycles. The fraction of sp³-hybridized carbons (Fsp3) is 0.300. The zero-order chi connectivity index (χ0) is 17.9. The fourth-order valence-corrected chi connectivity index (χ4v) is 4.31. The smallest absolute Gasteiger partial charge is 0.261 e. The molecule has 0 aliphatic heterocycles. The molecule has 0 atom stereocenters. The number of hydrogen-bond donors (Lipinski definition) is 2. The Morgan fingerprint density at radius 3 is 2.69 bits per heavy atom. The Bertz CT molecular complexity index is 905. The number of amides is 1. The molecule has 1 fully saturated rings. The monoisotopic (exact) mass is 385 g/mol. The molecule has 4 rings (SSSR count). The molecular weight excluding hydrogens is 366 g/mol. The van der Waals surface area contributed by atoms with E-state index in [1.165, 1.54) is 11.3 Å². The van der Waals surface area contributed by atoms with Gasteiger partial charge in [-0.3, -0.25) is 9.78 Å². The van der Waals surface area contributed by atoms with Gasteiger partial charge in [0.2, 0.25) is 0 Å². The van der Waals surface area contributed by atoms with E-state index >= 15 is 0 Å². The van der Waals surface area contributed by atoms with Crippen LogP contribution in [-0.4, -0.2) is 23.0 Å². The second kappa shape index (κ2) is 7.64. The summed E-state index contributed by atoms with van der Waals surface area (Å²) in [5.41, 5.74) is 2.00. The maximum absolute atomic E-state index is 12.2. The second-order valence-corrected chi connectivity index (χ2v) is 8.05. The molecule has 2 N–H and O–H groups in total. The Morgan fingerprint density at radius 2 is 1.92 bits per heavy atom. The highest BCUT2D eigenvalue weighted by Crippen LogP contribution is 2.28. The Labute approximate surface area is 161 Å². The average molecular weight is 386 g/mol. The van der Waals surface area contributed by atoms with Crippen LogP contribution < -0.4 is 10.6 Å². The lowest BCUT2D eigenvalue weighted by Gasteiger charge is -2.30. The first-order chi connectivity index (χ1) is 12.7. The number of thiophene rings is 1. The van der Waals surface area contributed by atoms with Crippen LogP contribution in [-0.2, 0) is 0 Å². The van der Waals surface area contributed by atoms with E-state index in [-0.39, 0.29) is 11.9 Å². The van der Waals surface area contributed by atoms with E-state index in [9.17, 15) is 4.79 Å². The van der Waals surface area contributed by atoms with Gasteiger partial charge in [0.25, 0.3) is 5.91 Å². The van der Waals surface area contributed by atoms with Gasteiger partial charge in [0.05, 0.1) is 10.4 Å². The molecule has 0 radical (unpaired) electrons. The van der Waals surface area contributed by atoms with Crippen LogP contribution in [0.15, 0.2) is 48.0 Å². The van der Waals surface area contributed by atoms with Crippen LogP contribution in [0.25, 0.3) is 10.9 Å². The van der Waals surface area contributed by atoms with Crippen molar-refractivity contribution in [2.75, 3.05) is 5.32 Å². The van der Waals surface area contributed by atoms with Gasteiger partial charge in [0.15, 0.2) is 0 Å². The normalized spacial score (nSPS) is 20.0. The first-order valence-electron chi connectivity index (χ1n) is 8.84. The number of fused-ring (bicyclic) bond motifs is 1. The van der Waals surface area contributed by atoms with Gasteiger partial charge in [-0.15, -0.1) is 11.3 Å². The van der Waals surface area contributed by atoms with Crippen molar-refractivity contribution in [3.05, 3.63) is 57.9 Å². The van der Waals surface area contributed by atoms with E-state index in [1.54, 1.807) is 0 Å². The van der Waals surface area contributed by atoms with Gasteiger partial charge in [0.1, 0.15) is 0 Å². The fourth-order valence-electron chi connectivity index (χ4n) is 3.51. The van der Waals surface area contributed by atoms with Crippen LogP contribution in [0, 0.1) is 0 Å². The summed E-state index contributed by atoms with van der Waals surface area (Å²) in [5, 5.41) is 10.5. The summed E-state index contributed by atoms with van der Waals surface area (Å²) in [6, 6.07) is 12.3. The molecule has 26 heavy (non-hydrogen) atoms. The maximum Gasteiger partial charge on any atom is 0.261 e. The van der Waals surface area contributed by atoms with E-state index in [0.29, 0.717) is 11.1 Å². The molecular formula is C20H20ClN3OS. The minimum atomic E-state index is 0.0495. The number of hydrogen-bond acceptors (Lipinski definition) is 4. The first-order valence-corrected chi connectivity index (χ1v) is 10.1. The van der Waals surface area contributed by atoms with Crippen molar-refractivity contribution < 1.29 is 4.79 Å². The Balaban J connectivity index is 1.36. The summed E-state index contributed by atoms with van der Waals surface area (Å²) in [6.45, 7) is 0. The number of aromatic nitrogens is 1. The van der Waals surface area contributed by atoms with Crippen molar-refractivity contribution in [1.82, 2.24) is 10.3 Å². The SMILES string of the molecule is O=C(N[C@H]1CC[C@@H](Nc2ccnc3cc(Cl)ccc23)CC1)c1cccs1. The van der Waals surface area contributed by atoms with E-state index in [2.05, 4.69) is 15.6 Å². The van der Waals surface area contributed by atoms with Gasteiger partial charge in [-0.25, -0.2) is 0 Å². The van der Waals surface area contributed by atoms with Crippen LogP contribution in [0.5, 0.6) is 0 Å². The summed E-state index contributed by atoms with van der Waals surface area (Å²) in [6.07, 6.45) is 5.86. The van der Waals surface area contributed by atoms with Crippen LogP contribution in [0.4, 0.5) is 5.69 Å². The number of carbonyl (C=O) groups is 1. The summed E-state index contributed by atoms with van der Waals surface area (Å²) < 4.78 is 0. The molecule has 1 saturated carbocycles. The number of carbonyl (C=O) groups excluding carboxylic acids is 1. The molecule has 1 aromatic carbocycles. The van der Waals surface area contributed by atoms with E-state index in [1.807, 2.05) is 48.0 Å². The predicted octanol–water partition coefficient (Wildman–Crippen LogP) is 5.10. The summed E-state index contributed by atoms with van der Waals surface area (Å²) in [7, 11) is 0. The molecule has 2 heterocycles. The molecule has 4 nitrogen and oxygen atoms in total. The standard InChI is InChI=1S/C20H20ClN3OS/c21-13-3-8-16-17(9-10-22-18(16)12-13)23-14-4-6-15(7-5-14)24-20(25)19-2-1-11-26-19/h1-3,8-12,14-15H,4-7H2,(H,22,23)(H,24,25)/t14-,15+. The van der Waals surface area contributed by atoms with Crippen molar-refractivity contribution in [2.24, 2.45) is 0 Å². The zero-order valence-corrected chi connectivity index (χ0v) is 15.8. The van der Waals surface area contributed by atoms with Gasteiger partial charge >= 0.3 is 0 Å². The topological polar surface area (TPSA) is 54.0 Å². The van der Waals surface area contributed by atoms with Crippen molar-refractivity contribution in [3.63, 3.8) is 0 Å². The van der Waals surface area contributed by atoms with E-state index in [4.69, 9.17) is 11.6 Å². The number of anilines is 1. The average Bonchev–Trinajstić information content (AvgIpc) is 3.18. The molecule has 6 heteroatoms. The van der Waals surface area contributed by atoms with E-state index < -0.39 is 0 Å².